The van der Waals surface area contributed by atoms with Crippen molar-refractivity contribution in [1.82, 2.24) is 25.1 Å². The number of nitrogens with zero attached hydrogens (tertiary/aromatic N) is 7. The van der Waals surface area contributed by atoms with E-state index in [4.69, 9.17) is 15.8 Å². The van der Waals surface area contributed by atoms with Crippen LogP contribution in [0.3, 0.4) is 0 Å². The van der Waals surface area contributed by atoms with E-state index in [9.17, 15) is 4.39 Å². The van der Waals surface area contributed by atoms with Gasteiger partial charge in [-0.2, -0.15) is 4.98 Å². The maximum absolute atomic E-state index is 14.7. The van der Waals surface area contributed by atoms with Gasteiger partial charge in [-0.3, -0.25) is 4.98 Å². The number of benzene rings is 1. The van der Waals surface area contributed by atoms with Crippen molar-refractivity contribution in [2.24, 2.45) is 0 Å². The Labute approximate surface area is 195 Å². The lowest BCUT2D eigenvalue weighted by molar-refractivity contribution is 0.164. The van der Waals surface area contributed by atoms with Gasteiger partial charge in [-0.05, 0) is 12.1 Å². The fraction of sp³-hybridized carbons (Fsp3) is 0.333. The third-order valence-electron chi connectivity index (χ3n) is 5.79. The Balaban J connectivity index is 1.35. The molecule has 0 unspecified atom stereocenters. The second-order valence-corrected chi connectivity index (χ2v) is 8.40. The number of pyridine rings is 1. The molecule has 0 radical (unpaired) electrons. The number of hydrogen-bond donors (Lipinski definition) is 0. The summed E-state index contributed by atoms with van der Waals surface area (Å²) in [6, 6.07) is 6.61. The Kier molecular flexibility index (Phi) is 5.76. The monoisotopic (exact) mass is 459 g/mol. The molecule has 3 aromatic heterocycles. The Morgan fingerprint density at radius 1 is 1.18 bits per heavy atom. The van der Waals surface area contributed by atoms with Gasteiger partial charge in [0.15, 0.2) is 11.5 Å². The van der Waals surface area contributed by atoms with Crippen LogP contribution >= 0.6 is 0 Å². The molecule has 5 rings (SSSR count). The van der Waals surface area contributed by atoms with Crippen molar-refractivity contribution in [3.05, 3.63) is 59.8 Å². The van der Waals surface area contributed by atoms with Crippen molar-refractivity contribution in [3.8, 4) is 17.1 Å². The molecule has 172 valence electrons. The summed E-state index contributed by atoms with van der Waals surface area (Å²) in [6.07, 6.45) is 4.45. The van der Waals surface area contributed by atoms with E-state index in [0.29, 0.717) is 34.3 Å². The highest BCUT2D eigenvalue weighted by molar-refractivity contribution is 5.94. The number of ether oxygens (including phenoxy) is 1. The average Bonchev–Trinajstić information content (AvgIpc) is 3.35. The molecule has 0 atom stereocenters. The first kappa shape index (κ1) is 21.7. The Morgan fingerprint density at radius 2 is 2.00 bits per heavy atom. The summed E-state index contributed by atoms with van der Waals surface area (Å²) in [5, 5.41) is 4.69. The normalized spacial score (nSPS) is 14.5. The molecule has 9 nitrogen and oxygen atoms in total. The van der Waals surface area contributed by atoms with Gasteiger partial charge < -0.3 is 14.2 Å². The standard InChI is InChI=1S/C24H22FN7O2/c1-14(2)22-30-24(34-31-22)32-10-7-16(8-11-32)33-23-18-6-9-27-20(21(18)28-13-29-23)17-5-4-15(26-3)12-19(17)25/h4-6,9,12-14,16H,7-8,10-11H2,1-2H3. The first-order chi connectivity index (χ1) is 16.5. The zero-order valence-corrected chi connectivity index (χ0v) is 18.8. The maximum atomic E-state index is 14.7. The first-order valence-electron chi connectivity index (χ1n) is 11.1. The fourth-order valence-electron chi connectivity index (χ4n) is 3.93. The average molecular weight is 459 g/mol. The molecular weight excluding hydrogens is 437 g/mol. The predicted molar refractivity (Wildman–Crippen MR) is 123 cm³/mol. The molecule has 1 aliphatic heterocycles. The van der Waals surface area contributed by atoms with Crippen LogP contribution in [0, 0.1) is 12.4 Å². The summed E-state index contributed by atoms with van der Waals surface area (Å²) in [6.45, 7) is 12.6. The Hall–Kier alpha value is -4.13. The van der Waals surface area contributed by atoms with Crippen LogP contribution in [0.2, 0.25) is 0 Å². The second kappa shape index (κ2) is 9.02. The third-order valence-corrected chi connectivity index (χ3v) is 5.79. The molecule has 0 amide bonds. The molecule has 4 aromatic rings. The molecule has 10 heteroatoms. The molecule has 1 aliphatic rings. The SMILES string of the molecule is [C-]#[N+]c1ccc(-c2nccc3c(OC4CCN(c5nc(C(C)C)no5)CC4)ncnc23)c(F)c1. The molecule has 0 spiro atoms. The molecule has 0 saturated carbocycles. The number of aromatic nitrogens is 5. The van der Waals surface area contributed by atoms with E-state index in [0.717, 1.165) is 25.9 Å². The summed E-state index contributed by atoms with van der Waals surface area (Å²) in [7, 11) is 0. The molecule has 1 fully saturated rings. The van der Waals surface area contributed by atoms with E-state index in [1.165, 1.54) is 12.4 Å². The van der Waals surface area contributed by atoms with Gasteiger partial charge in [-0.15, -0.1) is 0 Å². The molecular formula is C24H22FN7O2. The predicted octanol–water partition coefficient (Wildman–Crippen LogP) is 4.94. The van der Waals surface area contributed by atoms with Crippen LogP contribution in [-0.2, 0) is 0 Å². The number of fused-ring (bicyclic) bond motifs is 1. The summed E-state index contributed by atoms with van der Waals surface area (Å²) in [5.74, 6) is 0.821. The smallest absolute Gasteiger partial charge is 0.324 e. The van der Waals surface area contributed by atoms with Crippen LogP contribution in [0.5, 0.6) is 5.88 Å². The van der Waals surface area contributed by atoms with Crippen LogP contribution in [0.15, 0.2) is 41.3 Å². The van der Waals surface area contributed by atoms with E-state index in [-0.39, 0.29) is 23.3 Å². The minimum atomic E-state index is -0.524. The number of halogens is 1. The third kappa shape index (κ3) is 4.12. The van der Waals surface area contributed by atoms with Crippen LogP contribution in [0.25, 0.3) is 27.0 Å². The highest BCUT2D eigenvalue weighted by Crippen LogP contribution is 2.33. The van der Waals surface area contributed by atoms with Gasteiger partial charge in [0.25, 0.3) is 0 Å². The minimum absolute atomic E-state index is 0.0480. The lowest BCUT2D eigenvalue weighted by Gasteiger charge is -2.30. The summed E-state index contributed by atoms with van der Waals surface area (Å²) < 4.78 is 26.3. The van der Waals surface area contributed by atoms with E-state index in [1.807, 2.05) is 13.8 Å². The zero-order chi connectivity index (χ0) is 23.7. The highest BCUT2D eigenvalue weighted by Gasteiger charge is 2.26. The summed E-state index contributed by atoms with van der Waals surface area (Å²) in [5.41, 5.74) is 1.38. The van der Waals surface area contributed by atoms with Crippen LogP contribution in [0.4, 0.5) is 16.1 Å². The van der Waals surface area contributed by atoms with E-state index in [2.05, 4.69) is 34.8 Å². The van der Waals surface area contributed by atoms with E-state index >= 15 is 0 Å². The quantitative estimate of drug-likeness (QED) is 0.388. The first-order valence-corrected chi connectivity index (χ1v) is 11.1. The Morgan fingerprint density at radius 3 is 2.71 bits per heavy atom. The molecule has 0 N–H and O–H groups in total. The van der Waals surface area contributed by atoms with Gasteiger partial charge in [0, 0.05) is 43.6 Å². The van der Waals surface area contributed by atoms with Crippen LogP contribution in [-0.4, -0.2) is 44.3 Å². The molecule has 0 bridgehead atoms. The van der Waals surface area contributed by atoms with Crippen molar-refractivity contribution in [1.29, 1.82) is 0 Å². The number of piperidine rings is 1. The molecule has 4 heterocycles. The second-order valence-electron chi connectivity index (χ2n) is 8.40. The Bertz CT molecular complexity index is 1370. The topological polar surface area (TPSA) is 94.4 Å². The minimum Gasteiger partial charge on any atom is -0.474 e. The van der Waals surface area contributed by atoms with Gasteiger partial charge in [0.1, 0.15) is 23.8 Å². The van der Waals surface area contributed by atoms with Gasteiger partial charge in [-0.25, -0.2) is 19.2 Å². The van der Waals surface area contributed by atoms with Gasteiger partial charge in [0.05, 0.1) is 17.7 Å². The fourth-order valence-corrected chi connectivity index (χ4v) is 3.93. The number of anilines is 1. The summed E-state index contributed by atoms with van der Waals surface area (Å²) in [4.78, 5) is 22.8. The van der Waals surface area contributed by atoms with Crippen LogP contribution < -0.4 is 9.64 Å². The molecule has 0 aliphatic carbocycles. The van der Waals surface area contributed by atoms with Gasteiger partial charge in [-0.1, -0.05) is 31.1 Å². The molecule has 1 aromatic carbocycles. The van der Waals surface area contributed by atoms with Crippen molar-refractivity contribution >= 4 is 22.6 Å². The van der Waals surface area contributed by atoms with Crippen molar-refractivity contribution < 1.29 is 13.7 Å². The van der Waals surface area contributed by atoms with Crippen molar-refractivity contribution in [2.75, 3.05) is 18.0 Å². The van der Waals surface area contributed by atoms with Crippen molar-refractivity contribution in [2.45, 2.75) is 38.7 Å². The summed E-state index contributed by atoms with van der Waals surface area (Å²) >= 11 is 0. The van der Waals surface area contributed by atoms with Crippen LogP contribution in [0.1, 0.15) is 38.4 Å². The molecule has 1 saturated heterocycles. The maximum Gasteiger partial charge on any atom is 0.324 e. The number of hydrogen-bond acceptors (Lipinski definition) is 8. The molecule has 34 heavy (non-hydrogen) atoms. The zero-order valence-electron chi connectivity index (χ0n) is 18.8. The van der Waals surface area contributed by atoms with Gasteiger partial charge >= 0.3 is 6.01 Å². The van der Waals surface area contributed by atoms with E-state index in [1.54, 1.807) is 24.4 Å². The highest BCUT2D eigenvalue weighted by atomic mass is 19.1. The lowest BCUT2D eigenvalue weighted by Crippen LogP contribution is -2.38. The largest absolute Gasteiger partial charge is 0.474 e. The number of rotatable bonds is 5. The van der Waals surface area contributed by atoms with E-state index < -0.39 is 5.82 Å². The lowest BCUT2D eigenvalue weighted by atomic mass is 10.1. The van der Waals surface area contributed by atoms with Gasteiger partial charge in [0.2, 0.25) is 5.88 Å². The van der Waals surface area contributed by atoms with Crippen molar-refractivity contribution in [3.63, 3.8) is 0 Å².